The van der Waals surface area contributed by atoms with Crippen molar-refractivity contribution in [3.8, 4) is 0 Å². The lowest BCUT2D eigenvalue weighted by Crippen LogP contribution is -2.05. The van der Waals surface area contributed by atoms with E-state index in [0.29, 0.717) is 6.10 Å². The van der Waals surface area contributed by atoms with Crippen LogP contribution in [0.25, 0.3) is 0 Å². The minimum Gasteiger partial charge on any atom is -0.367 e. The molecule has 4 heteroatoms. The summed E-state index contributed by atoms with van der Waals surface area (Å²) in [6, 6.07) is 0. The van der Waals surface area contributed by atoms with Crippen LogP contribution in [0.5, 0.6) is 0 Å². The van der Waals surface area contributed by atoms with Crippen LogP contribution in [0.15, 0.2) is 11.6 Å². The zero-order valence-corrected chi connectivity index (χ0v) is 9.43. The van der Waals surface area contributed by atoms with E-state index >= 15 is 0 Å². The molecule has 0 unspecified atom stereocenters. The van der Waals surface area contributed by atoms with Gasteiger partial charge < -0.3 is 4.74 Å². The summed E-state index contributed by atoms with van der Waals surface area (Å²) in [5.74, 6) is 0.497. The van der Waals surface area contributed by atoms with Crippen molar-refractivity contribution in [2.24, 2.45) is 0 Å². The molecule has 80 valence electrons. The molecular formula is C10H16O3S. The third-order valence-corrected chi connectivity index (χ3v) is 4.41. The lowest BCUT2D eigenvalue weighted by atomic mass is 10.0. The van der Waals surface area contributed by atoms with Gasteiger partial charge in [0, 0.05) is 0 Å². The van der Waals surface area contributed by atoms with E-state index in [4.69, 9.17) is 4.74 Å². The van der Waals surface area contributed by atoms with Crippen LogP contribution in [0.3, 0.4) is 0 Å². The van der Waals surface area contributed by atoms with E-state index in [1.54, 1.807) is 0 Å². The first-order valence-corrected chi connectivity index (χ1v) is 6.77. The highest BCUT2D eigenvalue weighted by atomic mass is 32.2. The summed E-state index contributed by atoms with van der Waals surface area (Å²) in [7, 11) is -2.79. The van der Waals surface area contributed by atoms with Crippen molar-refractivity contribution < 1.29 is 13.2 Å². The molecular weight excluding hydrogens is 200 g/mol. The second-order valence-electron chi connectivity index (χ2n) is 4.67. The maximum Gasteiger partial charge on any atom is 0.157 e. The van der Waals surface area contributed by atoms with Crippen molar-refractivity contribution in [1.82, 2.24) is 0 Å². The van der Waals surface area contributed by atoms with Gasteiger partial charge in [0.05, 0.1) is 23.2 Å². The predicted molar refractivity (Wildman–Crippen MR) is 54.9 cm³/mol. The smallest absolute Gasteiger partial charge is 0.157 e. The molecule has 2 aliphatic heterocycles. The number of ether oxygens (including phenoxy) is 1. The minimum absolute atomic E-state index is 0.0258. The Hall–Kier alpha value is -0.350. The van der Waals surface area contributed by atoms with Crippen molar-refractivity contribution in [3.63, 3.8) is 0 Å². The van der Waals surface area contributed by atoms with Gasteiger partial charge in [0.1, 0.15) is 0 Å². The summed E-state index contributed by atoms with van der Waals surface area (Å²) in [6.45, 7) is 4.13. The maximum atomic E-state index is 11.1. The van der Waals surface area contributed by atoms with E-state index < -0.39 is 9.84 Å². The summed E-state index contributed by atoms with van der Waals surface area (Å²) in [5, 5.41) is 0. The fraction of sp³-hybridized carbons (Fsp3) is 0.800. The van der Waals surface area contributed by atoms with E-state index in [-0.39, 0.29) is 17.1 Å². The Morgan fingerprint density at radius 1 is 1.57 bits per heavy atom. The molecule has 2 heterocycles. The standard InChI is InChI=1S/C10H16O3S/c1-10(2)9(13-10)4-3-8-5-6-14(11,12)7-8/h5,9H,3-4,6-7H2,1-2H3/t9-/m1/s1. The third-order valence-electron chi connectivity index (χ3n) is 2.92. The van der Waals surface area contributed by atoms with Crippen molar-refractivity contribution in [1.29, 1.82) is 0 Å². The first kappa shape index (κ1) is 10.2. The molecule has 2 rings (SSSR count). The SMILES string of the molecule is CC1(C)O[C@@H]1CCC1=CCS(=O)(=O)C1. The first-order chi connectivity index (χ1) is 6.39. The summed E-state index contributed by atoms with van der Waals surface area (Å²) >= 11 is 0. The number of epoxide rings is 1. The Bertz CT molecular complexity index is 365. The molecule has 0 amide bonds. The fourth-order valence-corrected chi connectivity index (χ4v) is 3.31. The molecule has 1 atom stereocenters. The van der Waals surface area contributed by atoms with Gasteiger partial charge in [0.15, 0.2) is 9.84 Å². The molecule has 0 aliphatic carbocycles. The predicted octanol–water partition coefficient (Wildman–Crippen LogP) is 1.30. The van der Waals surface area contributed by atoms with Crippen molar-refractivity contribution in [3.05, 3.63) is 11.6 Å². The topological polar surface area (TPSA) is 46.7 Å². The number of hydrogen-bond donors (Lipinski definition) is 0. The Labute approximate surface area is 85.1 Å². The van der Waals surface area contributed by atoms with Gasteiger partial charge in [0.25, 0.3) is 0 Å². The van der Waals surface area contributed by atoms with Gasteiger partial charge >= 0.3 is 0 Å². The average Bonchev–Trinajstić information content (AvgIpc) is 2.48. The van der Waals surface area contributed by atoms with Crippen LogP contribution in [0.4, 0.5) is 0 Å². The Balaban J connectivity index is 1.79. The van der Waals surface area contributed by atoms with Crippen LogP contribution in [0.2, 0.25) is 0 Å². The van der Waals surface area contributed by atoms with Crippen LogP contribution in [-0.4, -0.2) is 31.6 Å². The quantitative estimate of drug-likeness (QED) is 0.527. The van der Waals surface area contributed by atoms with E-state index in [9.17, 15) is 8.42 Å². The number of rotatable bonds is 3. The Morgan fingerprint density at radius 3 is 2.64 bits per heavy atom. The highest BCUT2D eigenvalue weighted by Crippen LogP contribution is 2.39. The highest BCUT2D eigenvalue weighted by molar-refractivity contribution is 7.92. The second-order valence-corrected chi connectivity index (χ2v) is 6.77. The molecule has 0 N–H and O–H groups in total. The maximum absolute atomic E-state index is 11.1. The molecule has 1 fully saturated rings. The van der Waals surface area contributed by atoms with Crippen molar-refractivity contribution >= 4 is 9.84 Å². The molecule has 3 nitrogen and oxygen atoms in total. The van der Waals surface area contributed by atoms with E-state index in [1.165, 1.54) is 0 Å². The Kier molecular flexibility index (Phi) is 2.23. The fourth-order valence-electron chi connectivity index (χ4n) is 1.88. The molecule has 0 saturated carbocycles. The highest BCUT2D eigenvalue weighted by Gasteiger charge is 2.47. The van der Waals surface area contributed by atoms with Crippen LogP contribution >= 0.6 is 0 Å². The largest absolute Gasteiger partial charge is 0.367 e. The van der Waals surface area contributed by atoms with Gasteiger partial charge in [-0.1, -0.05) is 11.6 Å². The second kappa shape index (κ2) is 3.07. The van der Waals surface area contributed by atoms with Crippen molar-refractivity contribution in [2.45, 2.75) is 38.4 Å². The van der Waals surface area contributed by atoms with Gasteiger partial charge in [-0.25, -0.2) is 8.42 Å². The molecule has 14 heavy (non-hydrogen) atoms. The lowest BCUT2D eigenvalue weighted by molar-refractivity contribution is 0.320. The molecule has 0 radical (unpaired) electrons. The molecule has 0 aromatic rings. The van der Waals surface area contributed by atoms with E-state index in [0.717, 1.165) is 18.4 Å². The number of sulfone groups is 1. The molecule has 0 bridgehead atoms. The van der Waals surface area contributed by atoms with Crippen LogP contribution < -0.4 is 0 Å². The molecule has 1 saturated heterocycles. The summed E-state index contributed by atoms with van der Waals surface area (Å²) in [4.78, 5) is 0. The Morgan fingerprint density at radius 2 is 2.21 bits per heavy atom. The molecule has 2 aliphatic rings. The summed E-state index contributed by atoms with van der Waals surface area (Å²) in [5.41, 5.74) is 1.09. The molecule has 0 spiro atoms. The summed E-state index contributed by atoms with van der Waals surface area (Å²) < 4.78 is 27.7. The van der Waals surface area contributed by atoms with Crippen LogP contribution in [0, 0.1) is 0 Å². The minimum atomic E-state index is -2.79. The zero-order chi connectivity index (χ0) is 10.4. The van der Waals surface area contributed by atoms with Crippen LogP contribution in [-0.2, 0) is 14.6 Å². The molecule has 0 aromatic heterocycles. The number of hydrogen-bond acceptors (Lipinski definition) is 3. The van der Waals surface area contributed by atoms with Gasteiger partial charge in [-0.3, -0.25) is 0 Å². The summed E-state index contributed by atoms with van der Waals surface area (Å²) in [6.07, 6.45) is 4.00. The van der Waals surface area contributed by atoms with Crippen LogP contribution in [0.1, 0.15) is 26.7 Å². The van der Waals surface area contributed by atoms with E-state index in [2.05, 4.69) is 13.8 Å². The lowest BCUT2D eigenvalue weighted by Gasteiger charge is -1.99. The van der Waals surface area contributed by atoms with Gasteiger partial charge in [0.2, 0.25) is 0 Å². The molecule has 0 aromatic carbocycles. The van der Waals surface area contributed by atoms with Gasteiger partial charge in [-0.05, 0) is 26.7 Å². The van der Waals surface area contributed by atoms with Gasteiger partial charge in [-0.2, -0.15) is 0 Å². The van der Waals surface area contributed by atoms with Crippen molar-refractivity contribution in [2.75, 3.05) is 11.5 Å². The normalized spacial score (nSPS) is 32.7. The third kappa shape index (κ3) is 2.17. The monoisotopic (exact) mass is 216 g/mol. The van der Waals surface area contributed by atoms with Gasteiger partial charge in [-0.15, -0.1) is 0 Å². The zero-order valence-electron chi connectivity index (χ0n) is 8.62. The first-order valence-electron chi connectivity index (χ1n) is 4.95. The average molecular weight is 216 g/mol. The van der Waals surface area contributed by atoms with E-state index in [1.807, 2.05) is 6.08 Å².